The molecule has 0 aromatic carbocycles. The SMILES string of the molecule is CCCCO[Si](OCCCC)(OCCCC)C12CCC(CC1)C2. The lowest BCUT2D eigenvalue weighted by molar-refractivity contribution is 0.0304. The molecule has 23 heavy (non-hydrogen) atoms. The highest BCUT2D eigenvalue weighted by atomic mass is 28.4. The molecule has 0 spiro atoms. The van der Waals surface area contributed by atoms with Crippen LogP contribution >= 0.6 is 0 Å². The molecule has 0 atom stereocenters. The molecule has 0 aliphatic heterocycles. The Bertz CT molecular complexity index is 300. The van der Waals surface area contributed by atoms with Gasteiger partial charge < -0.3 is 13.3 Å². The summed E-state index contributed by atoms with van der Waals surface area (Å²) < 4.78 is 19.7. The standard InChI is InChI=1S/C19H38O3Si/c1-4-7-14-20-23(21-15-8-5-2,22-16-9-6-3)19-12-10-18(17-19)11-13-19/h18H,4-17H2,1-3H3. The predicted octanol–water partition coefficient (Wildman–Crippen LogP) is 5.71. The first-order chi connectivity index (χ1) is 11.2. The molecule has 2 bridgehead atoms. The van der Waals surface area contributed by atoms with Gasteiger partial charge in [-0.25, -0.2) is 0 Å². The molecule has 0 amide bonds. The van der Waals surface area contributed by atoms with Crippen molar-refractivity contribution in [1.82, 2.24) is 0 Å². The summed E-state index contributed by atoms with van der Waals surface area (Å²) in [6, 6.07) is 0. The van der Waals surface area contributed by atoms with Crippen molar-refractivity contribution in [3.63, 3.8) is 0 Å². The van der Waals surface area contributed by atoms with Crippen LogP contribution in [0.15, 0.2) is 0 Å². The summed E-state index contributed by atoms with van der Waals surface area (Å²) in [7, 11) is -2.58. The molecule has 2 rings (SSSR count). The molecular formula is C19H38O3Si. The highest BCUT2D eigenvalue weighted by Gasteiger charge is 2.65. The van der Waals surface area contributed by atoms with Crippen LogP contribution < -0.4 is 0 Å². The van der Waals surface area contributed by atoms with Crippen LogP contribution in [0.4, 0.5) is 0 Å². The summed E-state index contributed by atoms with van der Waals surface area (Å²) in [5, 5.41) is 0.243. The monoisotopic (exact) mass is 342 g/mol. The van der Waals surface area contributed by atoms with Crippen molar-refractivity contribution in [2.45, 2.75) is 96.4 Å². The van der Waals surface area contributed by atoms with E-state index >= 15 is 0 Å². The smallest absolute Gasteiger partial charge is 0.373 e. The molecule has 2 aliphatic rings. The van der Waals surface area contributed by atoms with Crippen LogP contribution in [-0.4, -0.2) is 28.6 Å². The van der Waals surface area contributed by atoms with Gasteiger partial charge in [-0.15, -0.1) is 0 Å². The first-order valence-corrected chi connectivity index (χ1v) is 11.9. The molecule has 136 valence electrons. The van der Waals surface area contributed by atoms with Crippen molar-refractivity contribution in [2.24, 2.45) is 5.92 Å². The van der Waals surface area contributed by atoms with Crippen LogP contribution in [0.2, 0.25) is 5.04 Å². The molecule has 2 saturated carbocycles. The maximum Gasteiger partial charge on any atom is 0.507 e. The van der Waals surface area contributed by atoms with Gasteiger partial charge in [0.05, 0.1) is 0 Å². The predicted molar refractivity (Wildman–Crippen MR) is 97.6 cm³/mol. The zero-order valence-electron chi connectivity index (χ0n) is 15.7. The van der Waals surface area contributed by atoms with E-state index in [1.807, 2.05) is 0 Å². The number of hydrogen-bond acceptors (Lipinski definition) is 3. The van der Waals surface area contributed by atoms with Gasteiger partial charge in [0, 0.05) is 24.9 Å². The maximum atomic E-state index is 6.56. The number of hydrogen-bond donors (Lipinski definition) is 0. The average Bonchev–Trinajstić information content (AvgIpc) is 3.17. The van der Waals surface area contributed by atoms with Crippen LogP contribution in [0.3, 0.4) is 0 Å². The zero-order chi connectivity index (χ0) is 16.6. The summed E-state index contributed by atoms with van der Waals surface area (Å²) in [6.07, 6.45) is 13.4. The Morgan fingerprint density at radius 1 is 0.783 bits per heavy atom. The van der Waals surface area contributed by atoms with Gasteiger partial charge in [-0.2, -0.15) is 0 Å². The maximum absolute atomic E-state index is 6.56. The van der Waals surface area contributed by atoms with Gasteiger partial charge in [-0.05, 0) is 57.3 Å². The van der Waals surface area contributed by atoms with Gasteiger partial charge in [0.1, 0.15) is 0 Å². The van der Waals surface area contributed by atoms with E-state index in [0.717, 1.165) is 45.0 Å². The van der Waals surface area contributed by atoms with Crippen molar-refractivity contribution in [2.75, 3.05) is 19.8 Å². The lowest BCUT2D eigenvalue weighted by Crippen LogP contribution is -2.56. The van der Waals surface area contributed by atoms with E-state index in [1.54, 1.807) is 0 Å². The fourth-order valence-electron chi connectivity index (χ4n) is 4.26. The van der Waals surface area contributed by atoms with Crippen LogP contribution in [0.25, 0.3) is 0 Å². The van der Waals surface area contributed by atoms with Gasteiger partial charge in [-0.1, -0.05) is 40.0 Å². The summed E-state index contributed by atoms with van der Waals surface area (Å²) in [5.41, 5.74) is 0. The molecule has 2 fully saturated rings. The largest absolute Gasteiger partial charge is 0.507 e. The van der Waals surface area contributed by atoms with E-state index in [0.29, 0.717) is 0 Å². The number of rotatable bonds is 13. The Kier molecular flexibility index (Phi) is 8.06. The molecule has 2 aliphatic carbocycles. The summed E-state index contributed by atoms with van der Waals surface area (Å²) >= 11 is 0. The van der Waals surface area contributed by atoms with E-state index in [-0.39, 0.29) is 5.04 Å². The highest BCUT2D eigenvalue weighted by molar-refractivity contribution is 6.64. The van der Waals surface area contributed by atoms with Gasteiger partial charge in [0.25, 0.3) is 0 Å². The third-order valence-corrected chi connectivity index (χ3v) is 9.52. The number of fused-ring (bicyclic) bond motifs is 2. The number of unbranched alkanes of at least 4 members (excludes halogenated alkanes) is 3. The minimum atomic E-state index is -2.58. The van der Waals surface area contributed by atoms with E-state index in [9.17, 15) is 0 Å². The first-order valence-electron chi connectivity index (χ1n) is 10.1. The Balaban J connectivity index is 2.12. The Morgan fingerprint density at radius 2 is 1.22 bits per heavy atom. The zero-order valence-corrected chi connectivity index (χ0v) is 16.7. The van der Waals surface area contributed by atoms with Crippen molar-refractivity contribution in [3.8, 4) is 0 Å². The Morgan fingerprint density at radius 3 is 1.52 bits per heavy atom. The van der Waals surface area contributed by atoms with E-state index in [4.69, 9.17) is 13.3 Å². The normalized spacial score (nSPS) is 27.0. The third kappa shape index (κ3) is 4.59. The fraction of sp³-hybridized carbons (Fsp3) is 1.00. The molecule has 0 saturated heterocycles. The topological polar surface area (TPSA) is 27.7 Å². The van der Waals surface area contributed by atoms with Crippen molar-refractivity contribution in [1.29, 1.82) is 0 Å². The molecule has 0 unspecified atom stereocenters. The van der Waals surface area contributed by atoms with Crippen molar-refractivity contribution < 1.29 is 13.3 Å². The van der Waals surface area contributed by atoms with Crippen LogP contribution in [0.1, 0.15) is 91.4 Å². The second-order valence-electron chi connectivity index (χ2n) is 7.59. The lowest BCUT2D eigenvalue weighted by atomic mass is 10.0. The van der Waals surface area contributed by atoms with Crippen molar-refractivity contribution >= 4 is 8.80 Å². The molecule has 0 N–H and O–H groups in total. The molecule has 3 nitrogen and oxygen atoms in total. The lowest BCUT2D eigenvalue weighted by Gasteiger charge is -2.42. The Hall–Kier alpha value is 0.0969. The quantitative estimate of drug-likeness (QED) is 0.317. The molecular weight excluding hydrogens is 304 g/mol. The second-order valence-corrected chi connectivity index (χ2v) is 10.6. The third-order valence-electron chi connectivity index (χ3n) is 5.76. The van der Waals surface area contributed by atoms with E-state index in [2.05, 4.69) is 20.8 Å². The van der Waals surface area contributed by atoms with Crippen LogP contribution in [-0.2, 0) is 13.3 Å². The van der Waals surface area contributed by atoms with E-state index in [1.165, 1.54) is 51.4 Å². The fourth-order valence-corrected chi connectivity index (χ4v) is 8.11. The molecule has 0 heterocycles. The Labute approximate surface area is 144 Å². The summed E-state index contributed by atoms with van der Waals surface area (Å²) in [4.78, 5) is 0. The average molecular weight is 343 g/mol. The second kappa shape index (κ2) is 9.55. The molecule has 0 aromatic heterocycles. The highest BCUT2D eigenvalue weighted by Crippen LogP contribution is 2.65. The van der Waals surface area contributed by atoms with Gasteiger partial charge >= 0.3 is 8.80 Å². The summed E-state index contributed by atoms with van der Waals surface area (Å²) in [5.74, 6) is 0.904. The molecule has 4 heteroatoms. The minimum absolute atomic E-state index is 0.243. The van der Waals surface area contributed by atoms with Gasteiger partial charge in [0.2, 0.25) is 0 Å². The molecule has 0 radical (unpaired) electrons. The minimum Gasteiger partial charge on any atom is -0.373 e. The van der Waals surface area contributed by atoms with Crippen LogP contribution in [0, 0.1) is 5.92 Å². The molecule has 0 aromatic rings. The van der Waals surface area contributed by atoms with Gasteiger partial charge in [-0.3, -0.25) is 0 Å². The van der Waals surface area contributed by atoms with E-state index < -0.39 is 8.80 Å². The van der Waals surface area contributed by atoms with Crippen molar-refractivity contribution in [3.05, 3.63) is 0 Å². The first kappa shape index (κ1) is 19.4. The van der Waals surface area contributed by atoms with Gasteiger partial charge in [0.15, 0.2) is 0 Å². The summed E-state index contributed by atoms with van der Waals surface area (Å²) in [6.45, 7) is 9.11. The van der Waals surface area contributed by atoms with Crippen LogP contribution in [0.5, 0.6) is 0 Å².